The Balaban J connectivity index is 3.05. The van der Waals surface area contributed by atoms with Crippen LogP contribution in [0.4, 0.5) is 0 Å². The summed E-state index contributed by atoms with van der Waals surface area (Å²) in [7, 11) is 3.99. The summed E-state index contributed by atoms with van der Waals surface area (Å²) >= 11 is 0. The molecule has 3 heteroatoms. The third kappa shape index (κ3) is 2.42. The Labute approximate surface area is 78.6 Å². The standard InChI is InChI=1S/C10H16N2O/c1-4-12-9(8-11(2)3)6-5-7-10(12)13/h5-7H,4,8H2,1-3H3. The summed E-state index contributed by atoms with van der Waals surface area (Å²) < 4.78 is 1.79. The summed E-state index contributed by atoms with van der Waals surface area (Å²) in [5.41, 5.74) is 1.15. The van der Waals surface area contributed by atoms with Crippen LogP contribution in [0.3, 0.4) is 0 Å². The number of rotatable bonds is 3. The molecule has 13 heavy (non-hydrogen) atoms. The molecule has 1 heterocycles. The number of hydrogen-bond acceptors (Lipinski definition) is 2. The van der Waals surface area contributed by atoms with E-state index in [0.29, 0.717) is 0 Å². The van der Waals surface area contributed by atoms with Crippen molar-refractivity contribution in [3.63, 3.8) is 0 Å². The lowest BCUT2D eigenvalue weighted by Gasteiger charge is -2.14. The van der Waals surface area contributed by atoms with E-state index in [9.17, 15) is 4.79 Å². The molecule has 3 nitrogen and oxygen atoms in total. The fourth-order valence-corrected chi connectivity index (χ4v) is 1.38. The highest BCUT2D eigenvalue weighted by Gasteiger charge is 2.01. The Hall–Kier alpha value is -1.09. The predicted octanol–water partition coefficient (Wildman–Crippen LogP) is 0.930. The summed E-state index contributed by atoms with van der Waals surface area (Å²) in [4.78, 5) is 13.5. The molecule has 0 spiro atoms. The summed E-state index contributed by atoms with van der Waals surface area (Å²) in [5.74, 6) is 0. The van der Waals surface area contributed by atoms with E-state index in [1.54, 1.807) is 10.6 Å². The largest absolute Gasteiger partial charge is 0.312 e. The van der Waals surface area contributed by atoms with Crippen molar-refractivity contribution >= 4 is 0 Å². The molecule has 1 aromatic heterocycles. The quantitative estimate of drug-likeness (QED) is 0.691. The van der Waals surface area contributed by atoms with Crippen LogP contribution < -0.4 is 5.56 Å². The molecule has 0 saturated heterocycles. The fourth-order valence-electron chi connectivity index (χ4n) is 1.38. The second-order valence-corrected chi connectivity index (χ2v) is 3.34. The predicted molar refractivity (Wildman–Crippen MR) is 53.8 cm³/mol. The first-order chi connectivity index (χ1) is 6.15. The molecule has 0 aliphatic carbocycles. The third-order valence-electron chi connectivity index (χ3n) is 1.93. The van der Waals surface area contributed by atoms with Gasteiger partial charge in [0.15, 0.2) is 0 Å². The summed E-state index contributed by atoms with van der Waals surface area (Å²) in [6, 6.07) is 5.40. The molecular weight excluding hydrogens is 164 g/mol. The van der Waals surface area contributed by atoms with Crippen LogP contribution in [0.1, 0.15) is 12.6 Å². The van der Waals surface area contributed by atoms with Crippen LogP contribution in [0.2, 0.25) is 0 Å². The highest BCUT2D eigenvalue weighted by Crippen LogP contribution is 1.98. The molecule has 0 unspecified atom stereocenters. The minimum Gasteiger partial charge on any atom is -0.312 e. The van der Waals surface area contributed by atoms with E-state index in [1.165, 1.54) is 0 Å². The zero-order chi connectivity index (χ0) is 9.84. The molecule has 0 aliphatic heterocycles. The Morgan fingerprint density at radius 1 is 1.38 bits per heavy atom. The van der Waals surface area contributed by atoms with E-state index in [4.69, 9.17) is 0 Å². The summed E-state index contributed by atoms with van der Waals surface area (Å²) in [5, 5.41) is 0. The van der Waals surface area contributed by atoms with Crippen LogP contribution in [0.15, 0.2) is 23.0 Å². The minimum atomic E-state index is 0.0850. The molecule has 1 rings (SSSR count). The van der Waals surface area contributed by atoms with E-state index >= 15 is 0 Å². The Bertz CT molecular complexity index is 328. The average molecular weight is 180 g/mol. The number of nitrogens with zero attached hydrogens (tertiary/aromatic N) is 2. The monoisotopic (exact) mass is 180 g/mol. The average Bonchev–Trinajstić information content (AvgIpc) is 2.03. The smallest absolute Gasteiger partial charge is 0.250 e. The van der Waals surface area contributed by atoms with Crippen LogP contribution in [-0.2, 0) is 13.1 Å². The van der Waals surface area contributed by atoms with E-state index in [1.807, 2.05) is 33.2 Å². The Morgan fingerprint density at radius 2 is 2.08 bits per heavy atom. The lowest BCUT2D eigenvalue weighted by atomic mass is 10.3. The second kappa shape index (κ2) is 4.23. The minimum absolute atomic E-state index is 0.0850. The maximum absolute atomic E-state index is 11.4. The molecule has 0 aromatic carbocycles. The Morgan fingerprint density at radius 3 is 2.62 bits per heavy atom. The van der Waals surface area contributed by atoms with Gasteiger partial charge in [-0.25, -0.2) is 0 Å². The molecule has 1 aromatic rings. The van der Waals surface area contributed by atoms with Crippen LogP contribution in [-0.4, -0.2) is 23.6 Å². The first-order valence-electron chi connectivity index (χ1n) is 4.48. The first-order valence-corrected chi connectivity index (χ1v) is 4.48. The van der Waals surface area contributed by atoms with Crippen molar-refractivity contribution in [1.29, 1.82) is 0 Å². The SMILES string of the molecule is CCn1c(CN(C)C)cccc1=O. The van der Waals surface area contributed by atoms with E-state index < -0.39 is 0 Å². The molecule has 0 aliphatic rings. The van der Waals surface area contributed by atoms with Gasteiger partial charge in [-0.15, -0.1) is 0 Å². The summed E-state index contributed by atoms with van der Waals surface area (Å²) in [6.07, 6.45) is 0. The zero-order valence-electron chi connectivity index (χ0n) is 8.45. The van der Waals surface area contributed by atoms with Crippen molar-refractivity contribution in [3.05, 3.63) is 34.2 Å². The zero-order valence-corrected chi connectivity index (χ0v) is 8.45. The van der Waals surface area contributed by atoms with E-state index in [-0.39, 0.29) is 5.56 Å². The molecule has 0 N–H and O–H groups in total. The van der Waals surface area contributed by atoms with Crippen molar-refractivity contribution in [2.24, 2.45) is 0 Å². The van der Waals surface area contributed by atoms with E-state index in [0.717, 1.165) is 18.8 Å². The normalized spacial score (nSPS) is 10.8. The van der Waals surface area contributed by atoms with Crippen molar-refractivity contribution in [1.82, 2.24) is 9.47 Å². The summed E-state index contributed by atoms with van der Waals surface area (Å²) in [6.45, 7) is 3.54. The molecule has 0 atom stereocenters. The lowest BCUT2D eigenvalue weighted by molar-refractivity contribution is 0.385. The van der Waals surface area contributed by atoms with Crippen molar-refractivity contribution in [3.8, 4) is 0 Å². The van der Waals surface area contributed by atoms with Gasteiger partial charge in [-0.1, -0.05) is 6.07 Å². The van der Waals surface area contributed by atoms with Gasteiger partial charge in [0, 0.05) is 24.8 Å². The van der Waals surface area contributed by atoms with Gasteiger partial charge in [0.1, 0.15) is 0 Å². The second-order valence-electron chi connectivity index (χ2n) is 3.34. The van der Waals surface area contributed by atoms with Crippen molar-refractivity contribution < 1.29 is 0 Å². The molecular formula is C10H16N2O. The number of aromatic nitrogens is 1. The maximum atomic E-state index is 11.4. The lowest BCUT2D eigenvalue weighted by Crippen LogP contribution is -2.24. The molecule has 0 radical (unpaired) electrons. The highest BCUT2D eigenvalue weighted by molar-refractivity contribution is 5.06. The molecule has 0 fully saturated rings. The van der Waals surface area contributed by atoms with Crippen molar-refractivity contribution in [2.45, 2.75) is 20.0 Å². The van der Waals surface area contributed by atoms with Gasteiger partial charge in [-0.2, -0.15) is 0 Å². The third-order valence-corrected chi connectivity index (χ3v) is 1.93. The molecule has 0 saturated carbocycles. The van der Waals surface area contributed by atoms with Gasteiger partial charge in [-0.3, -0.25) is 4.79 Å². The Kier molecular flexibility index (Phi) is 3.25. The van der Waals surface area contributed by atoms with E-state index in [2.05, 4.69) is 4.90 Å². The van der Waals surface area contributed by atoms with Crippen LogP contribution in [0.5, 0.6) is 0 Å². The van der Waals surface area contributed by atoms with Gasteiger partial charge in [0.05, 0.1) is 0 Å². The van der Waals surface area contributed by atoms with Gasteiger partial charge in [-0.05, 0) is 27.1 Å². The molecule has 0 amide bonds. The van der Waals surface area contributed by atoms with Crippen molar-refractivity contribution in [2.75, 3.05) is 14.1 Å². The van der Waals surface area contributed by atoms with Crippen LogP contribution in [0.25, 0.3) is 0 Å². The molecule has 0 bridgehead atoms. The fraction of sp³-hybridized carbons (Fsp3) is 0.500. The first kappa shape index (κ1) is 9.99. The van der Waals surface area contributed by atoms with Crippen LogP contribution >= 0.6 is 0 Å². The number of hydrogen-bond donors (Lipinski definition) is 0. The number of pyridine rings is 1. The van der Waals surface area contributed by atoms with Crippen LogP contribution in [0, 0.1) is 0 Å². The van der Waals surface area contributed by atoms with Gasteiger partial charge < -0.3 is 9.47 Å². The highest BCUT2D eigenvalue weighted by atomic mass is 16.1. The van der Waals surface area contributed by atoms with Gasteiger partial charge in [0.2, 0.25) is 0 Å². The molecule has 72 valence electrons. The topological polar surface area (TPSA) is 25.2 Å². The van der Waals surface area contributed by atoms with Gasteiger partial charge in [0.25, 0.3) is 5.56 Å². The maximum Gasteiger partial charge on any atom is 0.250 e. The van der Waals surface area contributed by atoms with Gasteiger partial charge >= 0.3 is 0 Å².